The van der Waals surface area contributed by atoms with Gasteiger partial charge in [0.15, 0.2) is 0 Å². The molecule has 5 nitrogen and oxygen atoms in total. The van der Waals surface area contributed by atoms with Crippen LogP contribution >= 0.6 is 67.8 Å². The zero-order valence-electron chi connectivity index (χ0n) is 17.6. The van der Waals surface area contributed by atoms with Crippen molar-refractivity contribution in [3.05, 3.63) is 58.2 Å². The van der Waals surface area contributed by atoms with Crippen molar-refractivity contribution in [3.8, 4) is 5.75 Å². The second-order valence-electron chi connectivity index (χ2n) is 8.59. The van der Waals surface area contributed by atoms with Crippen molar-refractivity contribution >= 4 is 79.8 Å². The number of esters is 1. The molecule has 0 bridgehead atoms. The smallest absolute Gasteiger partial charge is 0.423 e. The van der Waals surface area contributed by atoms with Crippen LogP contribution in [0.15, 0.2) is 36.4 Å². The van der Waals surface area contributed by atoms with Crippen molar-refractivity contribution in [2.75, 3.05) is 13.1 Å². The maximum atomic E-state index is 12.6. The number of carbonyl (C=O) groups excluding carboxylic acids is 2. The third kappa shape index (κ3) is 7.00. The van der Waals surface area contributed by atoms with E-state index in [4.69, 9.17) is 9.47 Å². The van der Waals surface area contributed by atoms with Crippen LogP contribution in [-0.4, -0.2) is 30.8 Å². The number of quaternary nitrogens is 1. The van der Waals surface area contributed by atoms with Gasteiger partial charge >= 0.3 is 12.1 Å². The Morgan fingerprint density at radius 3 is 2.19 bits per heavy atom. The van der Waals surface area contributed by atoms with Gasteiger partial charge in [-0.3, -0.25) is 0 Å². The Labute approximate surface area is 224 Å². The molecule has 1 aliphatic heterocycles. The molecule has 166 valence electrons. The fraction of sp³-hybridized carbons (Fsp3) is 0.391. The van der Waals surface area contributed by atoms with E-state index in [0.29, 0.717) is 17.2 Å². The normalized spacial score (nSPS) is 19.0. The van der Waals surface area contributed by atoms with Crippen molar-refractivity contribution in [3.63, 3.8) is 0 Å². The molecule has 0 atom stereocenters. The minimum atomic E-state index is -0.456. The minimum absolute atomic E-state index is 0.159. The molecule has 1 amide bonds. The van der Waals surface area contributed by atoms with Crippen LogP contribution in [0.1, 0.15) is 55.5 Å². The molecule has 0 saturated carbocycles. The lowest BCUT2D eigenvalue weighted by Crippen LogP contribution is -3.15. The van der Waals surface area contributed by atoms with E-state index in [0.717, 1.165) is 41.5 Å². The first-order chi connectivity index (χ1) is 14.5. The largest absolute Gasteiger partial charge is 0.514 e. The van der Waals surface area contributed by atoms with E-state index in [9.17, 15) is 9.59 Å². The standard InChI is InChI=1S/C23H24I3NO4/c1-23(2,3)31-22(29)27-10-8-15(9-11-27)14-4-6-17(7-5-14)30-21(28)18-12-16(24)13-19(25)20(18)26/h4-7,12-13,15H,8-11H2,1-3H3/p+1. The van der Waals surface area contributed by atoms with Crippen LogP contribution in [0.2, 0.25) is 0 Å². The van der Waals surface area contributed by atoms with Crippen molar-refractivity contribution in [1.29, 1.82) is 0 Å². The van der Waals surface area contributed by atoms with Gasteiger partial charge in [0.1, 0.15) is 11.4 Å². The Balaban J connectivity index is 1.59. The van der Waals surface area contributed by atoms with Crippen LogP contribution in [0.25, 0.3) is 0 Å². The van der Waals surface area contributed by atoms with Gasteiger partial charge < -0.3 is 9.47 Å². The lowest BCUT2D eigenvalue weighted by molar-refractivity contribution is -0.831. The zero-order valence-corrected chi connectivity index (χ0v) is 24.1. The first kappa shape index (κ1) is 25.2. The number of likely N-dealkylation sites (tertiary alicyclic amines) is 1. The summed E-state index contributed by atoms with van der Waals surface area (Å²) in [4.78, 5) is 25.8. The van der Waals surface area contributed by atoms with Gasteiger partial charge in [0.2, 0.25) is 0 Å². The molecule has 0 aliphatic carbocycles. The molecule has 1 saturated heterocycles. The van der Waals surface area contributed by atoms with Crippen LogP contribution in [0.4, 0.5) is 4.79 Å². The van der Waals surface area contributed by atoms with Crippen molar-refractivity contribution < 1.29 is 24.0 Å². The molecule has 0 spiro atoms. The number of rotatable bonds is 3. The average molecular weight is 760 g/mol. The molecule has 0 unspecified atom stereocenters. The third-order valence-corrected chi connectivity index (χ3v) is 8.72. The maximum absolute atomic E-state index is 12.6. The van der Waals surface area contributed by atoms with Crippen molar-refractivity contribution in [1.82, 2.24) is 0 Å². The molecule has 1 aliphatic rings. The second kappa shape index (κ2) is 10.6. The summed E-state index contributed by atoms with van der Waals surface area (Å²) in [6.07, 6.45) is 1.69. The summed E-state index contributed by atoms with van der Waals surface area (Å²) < 4.78 is 14.1. The number of nitrogens with one attached hydrogen (secondary N) is 1. The van der Waals surface area contributed by atoms with Crippen LogP contribution in [0.3, 0.4) is 0 Å². The number of piperidine rings is 1. The Kier molecular flexibility index (Phi) is 8.63. The summed E-state index contributed by atoms with van der Waals surface area (Å²) in [5, 5.41) is 0. The number of ether oxygens (including phenoxy) is 2. The molecule has 2 aromatic rings. The van der Waals surface area contributed by atoms with E-state index < -0.39 is 5.60 Å². The van der Waals surface area contributed by atoms with Crippen molar-refractivity contribution in [2.24, 2.45) is 0 Å². The number of carbonyl (C=O) groups is 2. The molecule has 1 heterocycles. The summed E-state index contributed by atoms with van der Waals surface area (Å²) in [6.45, 7) is 7.21. The van der Waals surface area contributed by atoms with Gasteiger partial charge in [-0.05, 0) is 124 Å². The molecule has 2 aromatic carbocycles. The maximum Gasteiger partial charge on any atom is 0.514 e. The van der Waals surface area contributed by atoms with E-state index in [-0.39, 0.29) is 12.1 Å². The Morgan fingerprint density at radius 2 is 1.61 bits per heavy atom. The summed E-state index contributed by atoms with van der Waals surface area (Å²) in [7, 11) is 0. The summed E-state index contributed by atoms with van der Waals surface area (Å²) >= 11 is 6.62. The van der Waals surface area contributed by atoms with Crippen LogP contribution < -0.4 is 9.64 Å². The van der Waals surface area contributed by atoms with E-state index in [1.54, 1.807) is 0 Å². The highest BCUT2D eigenvalue weighted by molar-refractivity contribution is 14.1. The lowest BCUT2D eigenvalue weighted by atomic mass is 9.89. The Bertz CT molecular complexity index is 962. The highest BCUT2D eigenvalue weighted by atomic mass is 127. The van der Waals surface area contributed by atoms with E-state index >= 15 is 0 Å². The lowest BCUT2D eigenvalue weighted by Gasteiger charge is -2.29. The molecule has 31 heavy (non-hydrogen) atoms. The first-order valence-corrected chi connectivity index (χ1v) is 13.3. The van der Waals surface area contributed by atoms with E-state index in [1.807, 2.05) is 57.2 Å². The van der Waals surface area contributed by atoms with E-state index in [1.165, 1.54) is 5.56 Å². The molecule has 8 heteroatoms. The summed E-state index contributed by atoms with van der Waals surface area (Å²) in [5.74, 6) is 0.590. The predicted octanol–water partition coefficient (Wildman–Crippen LogP) is 5.42. The molecule has 0 radical (unpaired) electrons. The zero-order chi connectivity index (χ0) is 22.8. The van der Waals surface area contributed by atoms with Gasteiger partial charge in [0.25, 0.3) is 0 Å². The molecular weight excluding hydrogens is 735 g/mol. The monoisotopic (exact) mass is 760 g/mol. The van der Waals surface area contributed by atoms with Crippen LogP contribution in [0, 0.1) is 10.7 Å². The van der Waals surface area contributed by atoms with Gasteiger partial charge in [0.05, 0.1) is 18.7 Å². The molecule has 1 fully saturated rings. The molecule has 0 aromatic heterocycles. The Morgan fingerprint density at radius 1 is 1.00 bits per heavy atom. The number of hydrogen-bond acceptors (Lipinski definition) is 4. The number of hydrogen-bond donors (Lipinski definition) is 1. The van der Waals surface area contributed by atoms with Gasteiger partial charge in [-0.25, -0.2) is 9.69 Å². The van der Waals surface area contributed by atoms with Crippen LogP contribution in [0.5, 0.6) is 5.75 Å². The number of alkyl carbamates (subject to hydrolysis) is 2. The fourth-order valence-electron chi connectivity index (χ4n) is 3.53. The highest BCUT2D eigenvalue weighted by Gasteiger charge is 2.32. The first-order valence-electron chi connectivity index (χ1n) is 10.1. The highest BCUT2D eigenvalue weighted by Crippen LogP contribution is 2.27. The average Bonchev–Trinajstić information content (AvgIpc) is 2.70. The van der Waals surface area contributed by atoms with Gasteiger partial charge in [-0.2, -0.15) is 4.79 Å². The summed E-state index contributed by atoms with van der Waals surface area (Å²) in [6, 6.07) is 11.6. The van der Waals surface area contributed by atoms with Crippen LogP contribution in [-0.2, 0) is 4.74 Å². The molecular formula is C23H25I3NO4+. The fourth-order valence-corrected chi connectivity index (χ4v) is 5.90. The number of amides is 1. The SMILES string of the molecule is CC(C)(C)OC(=O)[NH+]1CCC(c2ccc(OC(=O)c3cc(I)cc(I)c3I)cc2)CC1. The molecule has 1 N–H and O–H groups in total. The van der Waals surface area contributed by atoms with Crippen molar-refractivity contribution in [2.45, 2.75) is 45.1 Å². The molecule has 3 rings (SSSR count). The number of benzene rings is 2. The van der Waals surface area contributed by atoms with Gasteiger partial charge in [0, 0.05) is 23.6 Å². The second-order valence-corrected chi connectivity index (χ2v) is 12.1. The minimum Gasteiger partial charge on any atom is -0.423 e. The quantitative estimate of drug-likeness (QED) is 0.197. The predicted molar refractivity (Wildman–Crippen MR) is 145 cm³/mol. The number of halogens is 3. The van der Waals surface area contributed by atoms with Gasteiger partial charge in [-0.1, -0.05) is 12.1 Å². The topological polar surface area (TPSA) is 57.0 Å². The van der Waals surface area contributed by atoms with Gasteiger partial charge in [-0.15, -0.1) is 0 Å². The Hall–Kier alpha value is -0.470. The summed E-state index contributed by atoms with van der Waals surface area (Å²) in [5.41, 5.74) is 1.34. The van der Waals surface area contributed by atoms with E-state index in [2.05, 4.69) is 67.8 Å². The third-order valence-electron chi connectivity index (χ3n) is 5.05.